The Morgan fingerprint density at radius 3 is 2.61 bits per heavy atom. The van der Waals surface area contributed by atoms with Gasteiger partial charge in [-0.3, -0.25) is 14.2 Å². The van der Waals surface area contributed by atoms with E-state index in [0.717, 1.165) is 28.2 Å². The third kappa shape index (κ3) is 4.52. The summed E-state index contributed by atoms with van der Waals surface area (Å²) in [6, 6.07) is 8.72. The van der Waals surface area contributed by atoms with Gasteiger partial charge in [0.2, 0.25) is 15.9 Å². The first-order valence-electron chi connectivity index (χ1n) is 10.0. The maximum Gasteiger partial charge on any atom is 0.308 e. The molecule has 2 aromatic heterocycles. The Labute approximate surface area is 188 Å². The number of benzene rings is 1. The van der Waals surface area contributed by atoms with Crippen LogP contribution in [0.1, 0.15) is 18.2 Å². The molecular weight excluding hydrogens is 454 g/mol. The van der Waals surface area contributed by atoms with Crippen molar-refractivity contribution in [1.29, 1.82) is 0 Å². The van der Waals surface area contributed by atoms with Crippen LogP contribution in [0.2, 0.25) is 0 Å². The number of fused-ring (bicyclic) bond motifs is 1. The molecule has 0 radical (unpaired) electrons. The molecule has 10 heteroatoms. The van der Waals surface area contributed by atoms with E-state index in [1.54, 1.807) is 45.1 Å². The SMILES string of the molecule is CCCn1c(=O)sc2cc(S(=O)(=O)N3CCN(C(=O)/C=C/c4cccs4)CC3)ccc21. The van der Waals surface area contributed by atoms with E-state index in [0.29, 0.717) is 24.3 Å². The summed E-state index contributed by atoms with van der Waals surface area (Å²) < 4.78 is 30.0. The number of hydrogen-bond acceptors (Lipinski definition) is 6. The molecule has 1 saturated heterocycles. The van der Waals surface area contributed by atoms with E-state index in [4.69, 9.17) is 0 Å². The predicted molar refractivity (Wildman–Crippen MR) is 125 cm³/mol. The molecule has 0 spiro atoms. The number of rotatable bonds is 6. The highest BCUT2D eigenvalue weighted by atomic mass is 32.2. The summed E-state index contributed by atoms with van der Waals surface area (Å²) in [4.78, 5) is 27.4. The highest BCUT2D eigenvalue weighted by Gasteiger charge is 2.30. The van der Waals surface area contributed by atoms with Crippen molar-refractivity contribution in [1.82, 2.24) is 13.8 Å². The van der Waals surface area contributed by atoms with Crippen LogP contribution in [0.25, 0.3) is 16.3 Å². The molecule has 31 heavy (non-hydrogen) atoms. The molecule has 0 unspecified atom stereocenters. The van der Waals surface area contributed by atoms with E-state index in [1.807, 2.05) is 24.4 Å². The average molecular weight is 478 g/mol. The number of carbonyl (C=O) groups excluding carboxylic acids is 1. The van der Waals surface area contributed by atoms with Crippen molar-refractivity contribution >= 4 is 54.9 Å². The van der Waals surface area contributed by atoms with E-state index in [9.17, 15) is 18.0 Å². The second-order valence-corrected chi connectivity index (χ2v) is 11.1. The second-order valence-electron chi connectivity index (χ2n) is 7.23. The Hall–Kier alpha value is -2.27. The molecule has 3 aromatic rings. The zero-order valence-corrected chi connectivity index (χ0v) is 19.5. The fraction of sp³-hybridized carbons (Fsp3) is 0.333. The molecule has 7 nitrogen and oxygen atoms in total. The number of aryl methyl sites for hydroxylation is 1. The van der Waals surface area contributed by atoms with Gasteiger partial charge in [-0.05, 0) is 42.1 Å². The number of thiazole rings is 1. The normalized spacial score (nSPS) is 15.8. The number of thiophene rings is 1. The maximum atomic E-state index is 13.1. The van der Waals surface area contributed by atoms with E-state index < -0.39 is 10.0 Å². The van der Waals surface area contributed by atoms with Crippen LogP contribution in [0.15, 0.2) is 51.5 Å². The lowest BCUT2D eigenvalue weighted by atomic mass is 10.3. The summed E-state index contributed by atoms with van der Waals surface area (Å²) >= 11 is 2.62. The molecule has 0 atom stereocenters. The van der Waals surface area contributed by atoms with Gasteiger partial charge in [0.1, 0.15) is 0 Å². The van der Waals surface area contributed by atoms with Crippen LogP contribution in [0.5, 0.6) is 0 Å². The molecule has 1 aliphatic rings. The van der Waals surface area contributed by atoms with Gasteiger partial charge in [-0.2, -0.15) is 4.31 Å². The number of piperazine rings is 1. The van der Waals surface area contributed by atoms with Gasteiger partial charge < -0.3 is 4.90 Å². The van der Waals surface area contributed by atoms with Crippen molar-refractivity contribution in [2.24, 2.45) is 0 Å². The summed E-state index contributed by atoms with van der Waals surface area (Å²) in [6.45, 7) is 3.78. The predicted octanol–water partition coefficient (Wildman–Crippen LogP) is 3.08. The molecule has 0 bridgehead atoms. The summed E-state index contributed by atoms with van der Waals surface area (Å²) in [7, 11) is -3.69. The Kier molecular flexibility index (Phi) is 6.42. The van der Waals surface area contributed by atoms with Crippen LogP contribution in [-0.2, 0) is 21.4 Å². The number of nitrogens with zero attached hydrogens (tertiary/aromatic N) is 3. The fourth-order valence-corrected chi connectivity index (χ4v) is 6.68. The Morgan fingerprint density at radius 1 is 1.16 bits per heavy atom. The van der Waals surface area contributed by atoms with Gasteiger partial charge >= 0.3 is 4.87 Å². The monoisotopic (exact) mass is 477 g/mol. The minimum atomic E-state index is -3.69. The van der Waals surface area contributed by atoms with Crippen LogP contribution in [0, 0.1) is 0 Å². The Bertz CT molecular complexity index is 1260. The maximum absolute atomic E-state index is 13.1. The first-order valence-corrected chi connectivity index (χ1v) is 13.2. The molecule has 1 fully saturated rings. The topological polar surface area (TPSA) is 79.7 Å². The molecule has 164 valence electrons. The van der Waals surface area contributed by atoms with Gasteiger partial charge in [0.05, 0.1) is 15.1 Å². The van der Waals surface area contributed by atoms with Crippen molar-refractivity contribution in [2.75, 3.05) is 26.2 Å². The van der Waals surface area contributed by atoms with Crippen LogP contribution < -0.4 is 4.87 Å². The molecule has 0 aliphatic carbocycles. The quantitative estimate of drug-likeness (QED) is 0.511. The first-order chi connectivity index (χ1) is 14.9. The minimum absolute atomic E-state index is 0.0749. The van der Waals surface area contributed by atoms with E-state index in [1.165, 1.54) is 10.4 Å². The van der Waals surface area contributed by atoms with Gasteiger partial charge in [0, 0.05) is 43.7 Å². The smallest absolute Gasteiger partial charge is 0.308 e. The van der Waals surface area contributed by atoms with Crippen molar-refractivity contribution in [3.63, 3.8) is 0 Å². The van der Waals surface area contributed by atoms with Gasteiger partial charge in [-0.15, -0.1) is 11.3 Å². The lowest BCUT2D eigenvalue weighted by Gasteiger charge is -2.33. The van der Waals surface area contributed by atoms with Gasteiger partial charge in [-0.1, -0.05) is 24.3 Å². The van der Waals surface area contributed by atoms with Crippen LogP contribution in [0.3, 0.4) is 0 Å². The molecular formula is C21H23N3O4S3. The summed E-state index contributed by atoms with van der Waals surface area (Å²) in [5, 5.41) is 1.95. The lowest BCUT2D eigenvalue weighted by Crippen LogP contribution is -2.50. The number of sulfonamides is 1. The van der Waals surface area contributed by atoms with Crippen molar-refractivity contribution in [2.45, 2.75) is 24.8 Å². The Balaban J connectivity index is 1.46. The van der Waals surface area contributed by atoms with E-state index in [2.05, 4.69) is 0 Å². The highest BCUT2D eigenvalue weighted by molar-refractivity contribution is 7.89. The van der Waals surface area contributed by atoms with Crippen molar-refractivity contribution in [3.8, 4) is 0 Å². The first kappa shape index (κ1) is 21.9. The van der Waals surface area contributed by atoms with Crippen LogP contribution >= 0.6 is 22.7 Å². The van der Waals surface area contributed by atoms with Crippen molar-refractivity contribution in [3.05, 3.63) is 56.3 Å². The molecule has 0 saturated carbocycles. The van der Waals surface area contributed by atoms with E-state index >= 15 is 0 Å². The number of aromatic nitrogens is 1. The largest absolute Gasteiger partial charge is 0.337 e. The number of hydrogen-bond donors (Lipinski definition) is 0. The van der Waals surface area contributed by atoms with Crippen LogP contribution in [-0.4, -0.2) is 54.3 Å². The molecule has 0 N–H and O–H groups in total. The molecule has 4 rings (SSSR count). The van der Waals surface area contributed by atoms with Gasteiger partial charge in [-0.25, -0.2) is 8.42 Å². The number of amides is 1. The highest BCUT2D eigenvalue weighted by Crippen LogP contribution is 2.25. The average Bonchev–Trinajstić information content (AvgIpc) is 3.40. The molecule has 1 aromatic carbocycles. The molecule has 1 aliphatic heterocycles. The second kappa shape index (κ2) is 9.07. The van der Waals surface area contributed by atoms with Gasteiger partial charge in [0.15, 0.2) is 0 Å². The van der Waals surface area contributed by atoms with Gasteiger partial charge in [0.25, 0.3) is 0 Å². The minimum Gasteiger partial charge on any atom is -0.337 e. The zero-order valence-electron chi connectivity index (χ0n) is 17.1. The lowest BCUT2D eigenvalue weighted by molar-refractivity contribution is -0.127. The zero-order chi connectivity index (χ0) is 22.0. The number of carbonyl (C=O) groups is 1. The summed E-state index contributed by atoms with van der Waals surface area (Å²) in [5.74, 6) is -0.117. The molecule has 3 heterocycles. The van der Waals surface area contributed by atoms with Crippen LogP contribution in [0.4, 0.5) is 0 Å². The summed E-state index contributed by atoms with van der Waals surface area (Å²) in [5.41, 5.74) is 0.767. The third-order valence-electron chi connectivity index (χ3n) is 5.21. The third-order valence-corrected chi connectivity index (χ3v) is 8.88. The Morgan fingerprint density at radius 2 is 1.94 bits per heavy atom. The standard InChI is InChI=1S/C21H23N3O4S3/c1-2-9-24-18-7-6-17(15-19(18)30-21(24)26)31(27,28)23-12-10-22(11-13-23)20(25)8-5-16-4-3-14-29-16/h3-8,14-15H,2,9-13H2,1H3/b8-5+. The summed E-state index contributed by atoms with van der Waals surface area (Å²) in [6.07, 6.45) is 4.14. The molecule has 1 amide bonds. The fourth-order valence-electron chi connectivity index (χ4n) is 3.59. The van der Waals surface area contributed by atoms with Crippen molar-refractivity contribution < 1.29 is 13.2 Å². The van der Waals surface area contributed by atoms with E-state index in [-0.39, 0.29) is 28.8 Å².